The lowest BCUT2D eigenvalue weighted by molar-refractivity contribution is 0.100. The van der Waals surface area contributed by atoms with Crippen LogP contribution in [0, 0.1) is 6.92 Å². The van der Waals surface area contributed by atoms with E-state index in [2.05, 4.69) is 10.3 Å². The molecule has 0 atom stereocenters. The topological polar surface area (TPSA) is 94.0 Å². The Kier molecular flexibility index (Phi) is 3.66. The molecule has 0 bridgehead atoms. The number of aryl methyl sites for hydroxylation is 1. The zero-order valence-electron chi connectivity index (χ0n) is 10.7. The summed E-state index contributed by atoms with van der Waals surface area (Å²) < 4.78 is 0. The van der Waals surface area contributed by atoms with Gasteiger partial charge in [0.15, 0.2) is 0 Å². The lowest BCUT2D eigenvalue weighted by atomic mass is 10.1. The van der Waals surface area contributed by atoms with Crippen LogP contribution in [0.2, 0.25) is 0 Å². The van der Waals surface area contributed by atoms with Crippen molar-refractivity contribution in [3.05, 3.63) is 53.3 Å². The third-order valence-corrected chi connectivity index (χ3v) is 2.74. The van der Waals surface area contributed by atoms with Crippen molar-refractivity contribution in [1.29, 1.82) is 0 Å². The molecule has 0 saturated heterocycles. The lowest BCUT2D eigenvalue weighted by Crippen LogP contribution is -2.12. The Bertz CT molecular complexity index is 610. The monoisotopic (exact) mass is 256 g/mol. The second-order valence-electron chi connectivity index (χ2n) is 4.29. The van der Waals surface area contributed by atoms with E-state index in [1.54, 1.807) is 18.2 Å². The normalized spacial score (nSPS) is 10.2. The molecule has 0 aliphatic carbocycles. The number of aromatic nitrogens is 1. The number of nitrogens with zero attached hydrogens (tertiary/aromatic N) is 1. The largest absolute Gasteiger partial charge is 0.397 e. The molecule has 1 aromatic heterocycles. The molecule has 1 amide bonds. The minimum atomic E-state index is -0.487. The molecule has 0 aliphatic heterocycles. The zero-order valence-corrected chi connectivity index (χ0v) is 10.7. The van der Waals surface area contributed by atoms with Crippen molar-refractivity contribution in [3.8, 4) is 0 Å². The summed E-state index contributed by atoms with van der Waals surface area (Å²) in [7, 11) is 0. The SMILES string of the molecule is Cc1cccc(CNc2ccc(C(N)=O)cc2N)n1. The van der Waals surface area contributed by atoms with E-state index in [1.807, 2.05) is 25.1 Å². The number of hydrogen-bond donors (Lipinski definition) is 3. The number of hydrogen-bond acceptors (Lipinski definition) is 4. The van der Waals surface area contributed by atoms with Crippen LogP contribution in [-0.4, -0.2) is 10.9 Å². The molecule has 2 rings (SSSR count). The number of carbonyl (C=O) groups is 1. The minimum Gasteiger partial charge on any atom is -0.397 e. The first-order chi connectivity index (χ1) is 9.06. The Hall–Kier alpha value is -2.56. The maximum atomic E-state index is 11.0. The molecule has 1 aromatic carbocycles. The summed E-state index contributed by atoms with van der Waals surface area (Å²) in [6, 6.07) is 10.8. The average molecular weight is 256 g/mol. The molecule has 0 radical (unpaired) electrons. The van der Waals surface area contributed by atoms with Gasteiger partial charge < -0.3 is 16.8 Å². The van der Waals surface area contributed by atoms with Gasteiger partial charge >= 0.3 is 0 Å². The van der Waals surface area contributed by atoms with Crippen LogP contribution in [0.3, 0.4) is 0 Å². The van der Waals surface area contributed by atoms with Gasteiger partial charge in [-0.2, -0.15) is 0 Å². The van der Waals surface area contributed by atoms with E-state index in [1.165, 1.54) is 0 Å². The Balaban J connectivity index is 2.10. The summed E-state index contributed by atoms with van der Waals surface area (Å²) in [6.07, 6.45) is 0. The number of nitrogen functional groups attached to an aromatic ring is 1. The van der Waals surface area contributed by atoms with Crippen LogP contribution in [0.1, 0.15) is 21.7 Å². The van der Waals surface area contributed by atoms with Crippen molar-refractivity contribution in [3.63, 3.8) is 0 Å². The highest BCUT2D eigenvalue weighted by Crippen LogP contribution is 2.20. The predicted molar refractivity (Wildman–Crippen MR) is 75.7 cm³/mol. The van der Waals surface area contributed by atoms with Crippen LogP contribution in [0.25, 0.3) is 0 Å². The Morgan fingerprint density at radius 3 is 2.74 bits per heavy atom. The maximum absolute atomic E-state index is 11.0. The highest BCUT2D eigenvalue weighted by atomic mass is 16.1. The maximum Gasteiger partial charge on any atom is 0.248 e. The van der Waals surface area contributed by atoms with Gasteiger partial charge in [-0.1, -0.05) is 6.07 Å². The number of primary amides is 1. The van der Waals surface area contributed by atoms with Gasteiger partial charge in [0.25, 0.3) is 0 Å². The van der Waals surface area contributed by atoms with Gasteiger partial charge in [0, 0.05) is 11.3 Å². The van der Waals surface area contributed by atoms with Crippen LogP contribution < -0.4 is 16.8 Å². The van der Waals surface area contributed by atoms with Gasteiger partial charge in [0.2, 0.25) is 5.91 Å². The number of benzene rings is 1. The molecule has 5 heteroatoms. The molecule has 19 heavy (non-hydrogen) atoms. The molecule has 98 valence electrons. The standard InChI is InChI=1S/C14H16N4O/c1-9-3-2-4-11(18-9)8-17-13-6-5-10(14(16)19)7-12(13)15/h2-7,17H,8,15H2,1H3,(H2,16,19). The van der Waals surface area contributed by atoms with E-state index < -0.39 is 5.91 Å². The highest BCUT2D eigenvalue weighted by Gasteiger charge is 2.05. The molecule has 1 heterocycles. The second kappa shape index (κ2) is 5.39. The molecular formula is C14H16N4O. The lowest BCUT2D eigenvalue weighted by Gasteiger charge is -2.10. The average Bonchev–Trinajstić information content (AvgIpc) is 2.37. The number of nitrogens with two attached hydrogens (primary N) is 2. The first kappa shape index (κ1) is 12.9. The number of pyridine rings is 1. The van der Waals surface area contributed by atoms with Crippen molar-refractivity contribution >= 4 is 17.3 Å². The van der Waals surface area contributed by atoms with Crippen LogP contribution >= 0.6 is 0 Å². The fourth-order valence-electron chi connectivity index (χ4n) is 1.76. The van der Waals surface area contributed by atoms with Gasteiger partial charge in [0.1, 0.15) is 0 Å². The van der Waals surface area contributed by atoms with E-state index in [0.29, 0.717) is 17.8 Å². The Morgan fingerprint density at radius 1 is 1.32 bits per heavy atom. The number of rotatable bonds is 4. The fraction of sp³-hybridized carbons (Fsp3) is 0.143. The third-order valence-electron chi connectivity index (χ3n) is 2.74. The van der Waals surface area contributed by atoms with E-state index in [4.69, 9.17) is 11.5 Å². The minimum absolute atomic E-state index is 0.400. The van der Waals surface area contributed by atoms with Crippen molar-refractivity contribution in [2.45, 2.75) is 13.5 Å². The van der Waals surface area contributed by atoms with Crippen LogP contribution in [-0.2, 0) is 6.54 Å². The molecular weight excluding hydrogens is 240 g/mol. The van der Waals surface area contributed by atoms with Crippen molar-refractivity contribution in [1.82, 2.24) is 4.98 Å². The van der Waals surface area contributed by atoms with Gasteiger partial charge in [-0.25, -0.2) is 0 Å². The summed E-state index contributed by atoms with van der Waals surface area (Å²) >= 11 is 0. The summed E-state index contributed by atoms with van der Waals surface area (Å²) in [4.78, 5) is 15.4. The van der Waals surface area contributed by atoms with E-state index >= 15 is 0 Å². The smallest absolute Gasteiger partial charge is 0.248 e. The summed E-state index contributed by atoms with van der Waals surface area (Å²) in [5, 5.41) is 3.18. The van der Waals surface area contributed by atoms with Gasteiger partial charge in [-0.3, -0.25) is 9.78 Å². The van der Waals surface area contributed by atoms with E-state index in [-0.39, 0.29) is 0 Å². The second-order valence-corrected chi connectivity index (χ2v) is 4.29. The Morgan fingerprint density at radius 2 is 2.11 bits per heavy atom. The number of carbonyl (C=O) groups excluding carboxylic acids is 1. The number of nitrogens with one attached hydrogen (secondary N) is 1. The van der Waals surface area contributed by atoms with Crippen LogP contribution in [0.15, 0.2) is 36.4 Å². The molecule has 0 unspecified atom stereocenters. The first-order valence-electron chi connectivity index (χ1n) is 5.92. The molecule has 5 N–H and O–H groups in total. The summed E-state index contributed by atoms with van der Waals surface area (Å²) in [5.74, 6) is -0.487. The van der Waals surface area contributed by atoms with Gasteiger partial charge in [-0.15, -0.1) is 0 Å². The van der Waals surface area contributed by atoms with Crippen LogP contribution in [0.5, 0.6) is 0 Å². The van der Waals surface area contributed by atoms with Gasteiger partial charge in [0.05, 0.1) is 23.6 Å². The molecule has 0 aliphatic rings. The molecule has 2 aromatic rings. The Labute approximate surface area is 111 Å². The number of anilines is 2. The summed E-state index contributed by atoms with van der Waals surface area (Å²) in [5.41, 5.74) is 14.6. The predicted octanol–water partition coefficient (Wildman–Crippen LogP) is 1.68. The third kappa shape index (κ3) is 3.22. The zero-order chi connectivity index (χ0) is 13.8. The number of amides is 1. The molecule has 0 saturated carbocycles. The van der Waals surface area contributed by atoms with Crippen molar-refractivity contribution in [2.24, 2.45) is 5.73 Å². The fourth-order valence-corrected chi connectivity index (χ4v) is 1.76. The first-order valence-corrected chi connectivity index (χ1v) is 5.92. The van der Waals surface area contributed by atoms with Crippen molar-refractivity contribution < 1.29 is 4.79 Å². The van der Waals surface area contributed by atoms with Gasteiger partial charge in [-0.05, 0) is 37.3 Å². The molecule has 5 nitrogen and oxygen atoms in total. The van der Waals surface area contributed by atoms with E-state index in [9.17, 15) is 4.79 Å². The molecule has 0 fully saturated rings. The quantitative estimate of drug-likeness (QED) is 0.725. The molecule has 0 spiro atoms. The van der Waals surface area contributed by atoms with Crippen molar-refractivity contribution in [2.75, 3.05) is 11.1 Å². The summed E-state index contributed by atoms with van der Waals surface area (Å²) in [6.45, 7) is 2.52. The van der Waals surface area contributed by atoms with E-state index in [0.717, 1.165) is 17.1 Å². The van der Waals surface area contributed by atoms with Crippen LogP contribution in [0.4, 0.5) is 11.4 Å². The highest BCUT2D eigenvalue weighted by molar-refractivity contribution is 5.94.